The van der Waals surface area contributed by atoms with Crippen LogP contribution < -0.4 is 10.2 Å². The fourth-order valence-corrected chi connectivity index (χ4v) is 5.03. The van der Waals surface area contributed by atoms with Crippen LogP contribution in [0.5, 0.6) is 0 Å². The molecule has 1 aliphatic rings. The normalized spacial score (nSPS) is 17.2. The average molecular weight is 466 g/mol. The molecule has 0 fully saturated rings. The molecule has 178 valence electrons. The topological polar surface area (TPSA) is 110 Å². The van der Waals surface area contributed by atoms with Gasteiger partial charge in [0.2, 0.25) is 5.91 Å². The predicted molar refractivity (Wildman–Crippen MR) is 126 cm³/mol. The highest BCUT2D eigenvalue weighted by Crippen LogP contribution is 2.34. The monoisotopic (exact) mass is 465 g/mol. The van der Waals surface area contributed by atoms with E-state index in [9.17, 15) is 24.6 Å². The molecule has 1 heterocycles. The van der Waals surface area contributed by atoms with Gasteiger partial charge in [-0.1, -0.05) is 32.4 Å². The number of anilines is 1. The molecule has 8 nitrogen and oxygen atoms in total. The number of para-hydroxylation sites is 1. The van der Waals surface area contributed by atoms with Crippen LogP contribution in [-0.2, 0) is 14.4 Å². The minimum absolute atomic E-state index is 0.344. The molecule has 0 aromatic heterocycles. The predicted octanol–water partition coefficient (Wildman–Crippen LogP) is 2.91. The van der Waals surface area contributed by atoms with Gasteiger partial charge >= 0.3 is 11.9 Å². The summed E-state index contributed by atoms with van der Waals surface area (Å²) in [4.78, 5) is 40.9. The molecule has 0 unspecified atom stereocenters. The Hall–Kier alpha value is -2.10. The van der Waals surface area contributed by atoms with Crippen LogP contribution in [0.4, 0.5) is 5.69 Å². The Morgan fingerprint density at radius 2 is 1.84 bits per heavy atom. The Bertz CT molecular complexity index is 770. The summed E-state index contributed by atoms with van der Waals surface area (Å²) in [5.41, 5.74) is 0.549. The van der Waals surface area contributed by atoms with Crippen LogP contribution in [0, 0.1) is 0 Å². The average Bonchev–Trinajstić information content (AvgIpc) is 2.87. The number of unbranched alkanes of at least 4 members (excludes halogenated alkanes) is 1. The standard InChI is InChI=1S/C23H35N3O5S/c1-3-12-25(13-4-2)14-8-7-9-17(23(30)31)24-18-16-32-20-11-6-5-10-19(20)26(22(18)29)15-21(27)28/h5-6,10-11,17-18,24H,3-4,7-9,12-16H2,1-2H3,(H,27,28)(H,30,31)/t17-,18-/m0/s1. The summed E-state index contributed by atoms with van der Waals surface area (Å²) in [6.07, 6.45) is 4.24. The lowest BCUT2D eigenvalue weighted by Crippen LogP contribution is -2.53. The van der Waals surface area contributed by atoms with Crippen LogP contribution in [0.2, 0.25) is 0 Å². The molecular weight excluding hydrogens is 430 g/mol. The minimum atomic E-state index is -1.11. The molecule has 2 rings (SSSR count). The number of nitrogens with zero attached hydrogens (tertiary/aromatic N) is 2. The summed E-state index contributed by atoms with van der Waals surface area (Å²) in [6.45, 7) is 6.87. The highest BCUT2D eigenvalue weighted by atomic mass is 32.2. The molecule has 0 saturated heterocycles. The van der Waals surface area contributed by atoms with E-state index in [1.165, 1.54) is 16.7 Å². The number of hydrogen-bond donors (Lipinski definition) is 3. The van der Waals surface area contributed by atoms with Gasteiger partial charge in [-0.25, -0.2) is 0 Å². The van der Waals surface area contributed by atoms with Crippen LogP contribution in [0.1, 0.15) is 46.0 Å². The molecule has 1 aromatic carbocycles. The van der Waals surface area contributed by atoms with Crippen LogP contribution >= 0.6 is 11.8 Å². The highest BCUT2D eigenvalue weighted by Gasteiger charge is 2.34. The summed E-state index contributed by atoms with van der Waals surface area (Å²) >= 11 is 1.43. The van der Waals surface area contributed by atoms with E-state index in [1.807, 2.05) is 12.1 Å². The molecule has 32 heavy (non-hydrogen) atoms. The maximum Gasteiger partial charge on any atom is 0.323 e. The van der Waals surface area contributed by atoms with Crippen molar-refractivity contribution in [3.63, 3.8) is 0 Å². The van der Waals surface area contributed by atoms with Gasteiger partial charge in [0.15, 0.2) is 0 Å². The molecule has 0 aliphatic carbocycles. The third kappa shape index (κ3) is 7.79. The van der Waals surface area contributed by atoms with Crippen molar-refractivity contribution >= 4 is 35.3 Å². The number of benzene rings is 1. The Kier molecular flexibility index (Phi) is 11.0. The van der Waals surface area contributed by atoms with Gasteiger partial charge < -0.3 is 15.1 Å². The van der Waals surface area contributed by atoms with Gasteiger partial charge in [-0.15, -0.1) is 11.8 Å². The van der Waals surface area contributed by atoms with Gasteiger partial charge in [0.25, 0.3) is 0 Å². The molecule has 0 bridgehead atoms. The fourth-order valence-electron chi connectivity index (χ4n) is 3.94. The number of aliphatic carboxylic acids is 2. The lowest BCUT2D eigenvalue weighted by atomic mass is 10.1. The largest absolute Gasteiger partial charge is 0.480 e. The molecule has 2 atom stereocenters. The van der Waals surface area contributed by atoms with Crippen molar-refractivity contribution in [2.75, 3.05) is 36.8 Å². The zero-order chi connectivity index (χ0) is 23.5. The maximum atomic E-state index is 13.2. The number of thioether (sulfide) groups is 1. The van der Waals surface area contributed by atoms with Crippen molar-refractivity contribution < 1.29 is 24.6 Å². The number of carbonyl (C=O) groups excluding carboxylic acids is 1. The number of hydrogen-bond acceptors (Lipinski definition) is 6. The summed E-state index contributed by atoms with van der Waals surface area (Å²) in [6, 6.07) is 5.53. The van der Waals surface area contributed by atoms with E-state index in [1.54, 1.807) is 12.1 Å². The van der Waals surface area contributed by atoms with Crippen LogP contribution in [0.25, 0.3) is 0 Å². The van der Waals surface area contributed by atoms with Gasteiger partial charge in [0, 0.05) is 10.6 Å². The van der Waals surface area contributed by atoms with Crippen molar-refractivity contribution in [1.82, 2.24) is 10.2 Å². The van der Waals surface area contributed by atoms with Crippen molar-refractivity contribution in [3.8, 4) is 0 Å². The van der Waals surface area contributed by atoms with Crippen molar-refractivity contribution in [3.05, 3.63) is 24.3 Å². The lowest BCUT2D eigenvalue weighted by Gasteiger charge is -2.26. The van der Waals surface area contributed by atoms with E-state index in [2.05, 4.69) is 24.1 Å². The number of nitrogens with one attached hydrogen (secondary N) is 1. The second-order valence-electron chi connectivity index (χ2n) is 8.04. The Balaban J connectivity index is 2.01. The number of carboxylic acid groups (broad SMARTS) is 2. The molecule has 0 saturated carbocycles. The number of amides is 1. The SMILES string of the molecule is CCCN(CCC)CCCC[C@H](N[C@H]1CSc2ccccc2N(CC(=O)O)C1=O)C(=O)O. The van der Waals surface area contributed by atoms with E-state index in [-0.39, 0.29) is 0 Å². The fraction of sp³-hybridized carbons (Fsp3) is 0.609. The van der Waals surface area contributed by atoms with Crippen LogP contribution in [0.15, 0.2) is 29.2 Å². The summed E-state index contributed by atoms with van der Waals surface area (Å²) in [5, 5.41) is 22.0. The van der Waals surface area contributed by atoms with Gasteiger partial charge in [-0.2, -0.15) is 0 Å². The molecule has 1 amide bonds. The lowest BCUT2D eigenvalue weighted by molar-refractivity contribution is -0.140. The Morgan fingerprint density at radius 1 is 1.16 bits per heavy atom. The van der Waals surface area contributed by atoms with Gasteiger partial charge in [0.1, 0.15) is 12.6 Å². The van der Waals surface area contributed by atoms with Crippen molar-refractivity contribution in [2.45, 2.75) is 62.9 Å². The zero-order valence-electron chi connectivity index (χ0n) is 19.0. The quantitative estimate of drug-likeness (QED) is 0.360. The molecule has 1 aromatic rings. The Labute approximate surface area is 194 Å². The Morgan fingerprint density at radius 3 is 2.47 bits per heavy atom. The first-order valence-electron chi connectivity index (χ1n) is 11.3. The van der Waals surface area contributed by atoms with E-state index < -0.39 is 36.5 Å². The van der Waals surface area contributed by atoms with Gasteiger partial charge in [-0.05, 0) is 57.5 Å². The molecular formula is C23H35N3O5S. The van der Waals surface area contributed by atoms with E-state index >= 15 is 0 Å². The zero-order valence-corrected chi connectivity index (χ0v) is 19.8. The summed E-state index contributed by atoms with van der Waals surface area (Å²) in [5.74, 6) is -2.17. The molecule has 0 radical (unpaired) electrons. The second-order valence-corrected chi connectivity index (χ2v) is 9.11. The first-order valence-corrected chi connectivity index (χ1v) is 12.3. The minimum Gasteiger partial charge on any atom is -0.480 e. The molecule has 9 heteroatoms. The van der Waals surface area contributed by atoms with Crippen LogP contribution in [0.3, 0.4) is 0 Å². The second kappa shape index (κ2) is 13.4. The van der Waals surface area contributed by atoms with Crippen LogP contribution in [-0.4, -0.2) is 77.0 Å². The maximum absolute atomic E-state index is 13.2. The number of carbonyl (C=O) groups is 3. The van der Waals surface area contributed by atoms with E-state index in [0.717, 1.165) is 50.2 Å². The number of rotatable bonds is 14. The van der Waals surface area contributed by atoms with E-state index in [4.69, 9.17) is 0 Å². The molecule has 0 spiro atoms. The number of carboxylic acids is 2. The van der Waals surface area contributed by atoms with Gasteiger partial charge in [-0.3, -0.25) is 24.6 Å². The number of fused-ring (bicyclic) bond motifs is 1. The molecule has 1 aliphatic heterocycles. The first-order chi connectivity index (χ1) is 15.4. The summed E-state index contributed by atoms with van der Waals surface area (Å²) in [7, 11) is 0. The third-order valence-electron chi connectivity index (χ3n) is 5.42. The first kappa shape index (κ1) is 26.2. The van der Waals surface area contributed by atoms with Crippen molar-refractivity contribution in [1.29, 1.82) is 0 Å². The highest BCUT2D eigenvalue weighted by molar-refractivity contribution is 7.99. The van der Waals surface area contributed by atoms with Gasteiger partial charge in [0.05, 0.1) is 11.7 Å². The molecule has 3 N–H and O–H groups in total. The van der Waals surface area contributed by atoms with Crippen molar-refractivity contribution in [2.24, 2.45) is 0 Å². The third-order valence-corrected chi connectivity index (χ3v) is 6.57. The summed E-state index contributed by atoms with van der Waals surface area (Å²) < 4.78 is 0. The smallest absolute Gasteiger partial charge is 0.323 e. The van der Waals surface area contributed by atoms with E-state index in [0.29, 0.717) is 17.9 Å².